The number of aromatic amines is 1. The molecular formula is C18H19N3O2S. The van der Waals surface area contributed by atoms with E-state index in [0.717, 1.165) is 34.7 Å². The number of benzene rings is 1. The average Bonchev–Trinajstić information content (AvgIpc) is 3.25. The molecule has 0 unspecified atom stereocenters. The van der Waals surface area contributed by atoms with Gasteiger partial charge in [0.25, 0.3) is 0 Å². The van der Waals surface area contributed by atoms with E-state index >= 15 is 0 Å². The number of nitrogens with zero attached hydrogens (tertiary/aromatic N) is 1. The lowest BCUT2D eigenvalue weighted by molar-refractivity contribution is 0.155. The lowest BCUT2D eigenvalue weighted by Crippen LogP contribution is -2.14. The minimum Gasteiger partial charge on any atom is -0.444 e. The van der Waals surface area contributed by atoms with Crippen molar-refractivity contribution in [1.29, 1.82) is 0 Å². The Balaban J connectivity index is 1.73. The lowest BCUT2D eigenvalue weighted by atomic mass is 10.2. The summed E-state index contributed by atoms with van der Waals surface area (Å²) in [5, 5.41) is 12.2. The van der Waals surface area contributed by atoms with E-state index in [4.69, 9.17) is 4.74 Å². The molecule has 1 aromatic carbocycles. The van der Waals surface area contributed by atoms with Crippen molar-refractivity contribution < 1.29 is 9.53 Å². The van der Waals surface area contributed by atoms with Gasteiger partial charge >= 0.3 is 6.09 Å². The minimum absolute atomic E-state index is 0.238. The predicted octanol–water partition coefficient (Wildman–Crippen LogP) is 4.84. The summed E-state index contributed by atoms with van der Waals surface area (Å²) >= 11 is 1.58. The van der Waals surface area contributed by atoms with Crippen LogP contribution in [0.5, 0.6) is 0 Å². The molecule has 24 heavy (non-hydrogen) atoms. The van der Waals surface area contributed by atoms with Gasteiger partial charge in [0.2, 0.25) is 0 Å². The van der Waals surface area contributed by atoms with Gasteiger partial charge in [-0.3, -0.25) is 10.4 Å². The number of H-pyrrole nitrogens is 1. The van der Waals surface area contributed by atoms with Crippen LogP contribution in [0.2, 0.25) is 0 Å². The Morgan fingerprint density at radius 2 is 2.08 bits per heavy atom. The Morgan fingerprint density at radius 3 is 2.79 bits per heavy atom. The Kier molecular flexibility index (Phi) is 5.28. The van der Waals surface area contributed by atoms with Crippen molar-refractivity contribution in [3.8, 4) is 10.6 Å². The molecule has 6 heteroatoms. The minimum atomic E-state index is -0.476. The fraction of sp³-hybridized carbons (Fsp3) is 0.222. The van der Waals surface area contributed by atoms with Gasteiger partial charge in [-0.25, -0.2) is 4.79 Å². The van der Waals surface area contributed by atoms with Crippen molar-refractivity contribution in [2.24, 2.45) is 0 Å². The molecule has 0 bridgehead atoms. The number of ether oxygens (including phenoxy) is 1. The number of carbonyl (C=O) groups is 1. The molecule has 0 aliphatic rings. The maximum Gasteiger partial charge on any atom is 0.412 e. The Labute approximate surface area is 144 Å². The highest BCUT2D eigenvalue weighted by Gasteiger charge is 2.18. The van der Waals surface area contributed by atoms with E-state index in [1.807, 2.05) is 47.8 Å². The van der Waals surface area contributed by atoms with Crippen LogP contribution in [-0.4, -0.2) is 16.3 Å². The summed E-state index contributed by atoms with van der Waals surface area (Å²) < 4.78 is 5.32. The summed E-state index contributed by atoms with van der Waals surface area (Å²) in [6.07, 6.45) is 1.29. The van der Waals surface area contributed by atoms with Crippen LogP contribution in [0.15, 0.2) is 47.8 Å². The monoisotopic (exact) mass is 341 g/mol. The van der Waals surface area contributed by atoms with Crippen LogP contribution in [0.3, 0.4) is 0 Å². The van der Waals surface area contributed by atoms with Crippen LogP contribution >= 0.6 is 11.3 Å². The molecule has 0 fully saturated rings. The largest absolute Gasteiger partial charge is 0.444 e. The van der Waals surface area contributed by atoms with E-state index in [-0.39, 0.29) is 6.61 Å². The average molecular weight is 341 g/mol. The fourth-order valence-corrected chi connectivity index (χ4v) is 3.12. The summed E-state index contributed by atoms with van der Waals surface area (Å²) in [6, 6.07) is 13.6. The maximum absolute atomic E-state index is 12.2. The highest BCUT2D eigenvalue weighted by atomic mass is 32.1. The second kappa shape index (κ2) is 7.79. The third-order valence-electron chi connectivity index (χ3n) is 3.54. The standard InChI is InChI=1S/C18H19N3O2S/c1-2-7-14-16(17(21-20-14)15-10-6-11-24-15)19-18(22)23-12-13-8-4-3-5-9-13/h3-6,8-11H,2,7,12H2,1H3,(H,19,22)(H,20,21). The normalized spacial score (nSPS) is 10.5. The van der Waals surface area contributed by atoms with Crippen molar-refractivity contribution in [3.63, 3.8) is 0 Å². The van der Waals surface area contributed by atoms with Gasteiger partial charge in [0.15, 0.2) is 0 Å². The van der Waals surface area contributed by atoms with Gasteiger partial charge in [-0.1, -0.05) is 49.7 Å². The Bertz CT molecular complexity index is 782. The molecule has 0 aliphatic carbocycles. The molecule has 3 aromatic rings. The SMILES string of the molecule is CCCc1[nH]nc(-c2cccs2)c1NC(=O)OCc1ccccc1. The number of nitrogens with one attached hydrogen (secondary N) is 2. The zero-order chi connectivity index (χ0) is 16.8. The zero-order valence-electron chi connectivity index (χ0n) is 13.4. The first kappa shape index (κ1) is 16.3. The quantitative estimate of drug-likeness (QED) is 0.674. The van der Waals surface area contributed by atoms with Crippen LogP contribution in [0.25, 0.3) is 10.6 Å². The maximum atomic E-state index is 12.2. The third-order valence-corrected chi connectivity index (χ3v) is 4.41. The van der Waals surface area contributed by atoms with Crippen LogP contribution in [0.4, 0.5) is 10.5 Å². The van der Waals surface area contributed by atoms with Crippen LogP contribution in [-0.2, 0) is 17.8 Å². The lowest BCUT2D eigenvalue weighted by Gasteiger charge is -2.09. The molecule has 124 valence electrons. The van der Waals surface area contributed by atoms with E-state index in [1.54, 1.807) is 11.3 Å². The van der Waals surface area contributed by atoms with E-state index < -0.39 is 6.09 Å². The number of aromatic nitrogens is 2. The first-order chi connectivity index (χ1) is 11.8. The molecule has 2 N–H and O–H groups in total. The van der Waals surface area contributed by atoms with Crippen LogP contribution in [0, 0.1) is 0 Å². The van der Waals surface area contributed by atoms with Gasteiger partial charge in [-0.05, 0) is 23.4 Å². The van der Waals surface area contributed by atoms with Gasteiger partial charge in [-0.2, -0.15) is 5.10 Å². The van der Waals surface area contributed by atoms with Gasteiger partial charge in [0, 0.05) is 0 Å². The first-order valence-electron chi connectivity index (χ1n) is 7.86. The molecule has 5 nitrogen and oxygen atoms in total. The number of anilines is 1. The molecule has 0 saturated carbocycles. The van der Waals surface area contributed by atoms with Gasteiger partial charge in [-0.15, -0.1) is 11.3 Å². The second-order valence-electron chi connectivity index (χ2n) is 5.34. The Morgan fingerprint density at radius 1 is 1.25 bits per heavy atom. The molecule has 0 atom stereocenters. The summed E-state index contributed by atoms with van der Waals surface area (Å²) in [4.78, 5) is 13.2. The number of hydrogen-bond acceptors (Lipinski definition) is 4. The molecule has 0 aliphatic heterocycles. The molecule has 2 aromatic heterocycles. The smallest absolute Gasteiger partial charge is 0.412 e. The number of aryl methyl sites for hydroxylation is 1. The summed E-state index contributed by atoms with van der Waals surface area (Å²) in [5.41, 5.74) is 3.33. The number of thiophene rings is 1. The van der Waals surface area contributed by atoms with Crippen molar-refractivity contribution in [2.75, 3.05) is 5.32 Å². The number of amides is 1. The van der Waals surface area contributed by atoms with Crippen molar-refractivity contribution in [3.05, 3.63) is 59.1 Å². The van der Waals surface area contributed by atoms with Gasteiger partial charge in [0.05, 0.1) is 16.3 Å². The number of hydrogen-bond donors (Lipinski definition) is 2. The molecule has 1 amide bonds. The predicted molar refractivity (Wildman–Crippen MR) is 96.1 cm³/mol. The fourth-order valence-electron chi connectivity index (χ4n) is 2.40. The summed E-state index contributed by atoms with van der Waals surface area (Å²) in [7, 11) is 0. The molecule has 0 saturated heterocycles. The third kappa shape index (κ3) is 3.83. The first-order valence-corrected chi connectivity index (χ1v) is 8.74. The van der Waals surface area contributed by atoms with Crippen LogP contribution in [0.1, 0.15) is 24.6 Å². The van der Waals surface area contributed by atoms with E-state index in [1.165, 1.54) is 0 Å². The van der Waals surface area contributed by atoms with Crippen molar-refractivity contribution >= 4 is 23.1 Å². The topological polar surface area (TPSA) is 67.0 Å². The molecule has 3 rings (SSSR count). The van der Waals surface area contributed by atoms with Crippen LogP contribution < -0.4 is 5.32 Å². The van der Waals surface area contributed by atoms with E-state index in [9.17, 15) is 4.79 Å². The van der Waals surface area contributed by atoms with E-state index in [2.05, 4.69) is 22.4 Å². The molecule has 0 spiro atoms. The Hall–Kier alpha value is -2.60. The van der Waals surface area contributed by atoms with Gasteiger partial charge in [0.1, 0.15) is 12.3 Å². The van der Waals surface area contributed by atoms with Gasteiger partial charge < -0.3 is 4.74 Å². The van der Waals surface area contributed by atoms with Crippen molar-refractivity contribution in [2.45, 2.75) is 26.4 Å². The molecule has 2 heterocycles. The molecular weight excluding hydrogens is 322 g/mol. The second-order valence-corrected chi connectivity index (χ2v) is 6.29. The van der Waals surface area contributed by atoms with E-state index in [0.29, 0.717) is 5.69 Å². The summed E-state index contributed by atoms with van der Waals surface area (Å²) in [6.45, 7) is 2.32. The molecule has 0 radical (unpaired) electrons. The summed E-state index contributed by atoms with van der Waals surface area (Å²) in [5.74, 6) is 0. The number of carbonyl (C=O) groups excluding carboxylic acids is 1. The zero-order valence-corrected chi connectivity index (χ0v) is 14.2. The number of rotatable bonds is 6. The highest BCUT2D eigenvalue weighted by Crippen LogP contribution is 2.32. The van der Waals surface area contributed by atoms with Crippen molar-refractivity contribution in [1.82, 2.24) is 10.2 Å². The highest BCUT2D eigenvalue weighted by molar-refractivity contribution is 7.13.